The number of nitrogens with one attached hydrogen (secondary N) is 1. The number of aromatic nitrogens is 1. The number of nitrogens with zero attached hydrogens (tertiary/aromatic N) is 1. The third-order valence-corrected chi connectivity index (χ3v) is 3.82. The van der Waals surface area contributed by atoms with E-state index < -0.39 is 0 Å². The molecule has 6 nitrogen and oxygen atoms in total. The fraction of sp³-hybridized carbons (Fsp3) is 0.318. The maximum Gasteiger partial charge on any atom is 0.305 e. The lowest BCUT2D eigenvalue weighted by Gasteiger charge is -2.08. The molecule has 2 aromatic rings. The van der Waals surface area contributed by atoms with E-state index in [4.69, 9.17) is 9.47 Å². The van der Waals surface area contributed by atoms with Crippen LogP contribution in [-0.2, 0) is 20.7 Å². The fourth-order valence-electron chi connectivity index (χ4n) is 2.47. The molecule has 0 unspecified atom stereocenters. The molecule has 0 aliphatic carbocycles. The monoisotopic (exact) mass is 382 g/mol. The minimum atomic E-state index is -0.201. The van der Waals surface area contributed by atoms with Crippen molar-refractivity contribution in [3.05, 3.63) is 66.0 Å². The summed E-state index contributed by atoms with van der Waals surface area (Å²) in [6, 6.07) is 11.4. The largest absolute Gasteiger partial charge is 0.494 e. The Bertz CT molecular complexity index is 775. The minimum Gasteiger partial charge on any atom is -0.494 e. The van der Waals surface area contributed by atoms with Gasteiger partial charge in [0.25, 0.3) is 0 Å². The van der Waals surface area contributed by atoms with Crippen molar-refractivity contribution in [1.82, 2.24) is 10.3 Å². The Morgan fingerprint density at radius 3 is 2.89 bits per heavy atom. The molecule has 1 heterocycles. The van der Waals surface area contributed by atoms with Gasteiger partial charge in [0.2, 0.25) is 5.91 Å². The lowest BCUT2D eigenvalue weighted by Crippen LogP contribution is -2.23. The standard InChI is InChI=1S/C22H26N2O4/c1-2-27-22(26)9-5-15-28-20-8-3-6-18(16-20)12-14-24-21(25)11-10-19-7-4-13-23-17-19/h3-4,6-8,10-11,13,16-17H,2,5,9,12,14-15H2,1H3,(H,24,25). The van der Waals surface area contributed by atoms with Crippen LogP contribution in [0.1, 0.15) is 30.9 Å². The lowest BCUT2D eigenvalue weighted by molar-refractivity contribution is -0.143. The number of rotatable bonds is 11. The summed E-state index contributed by atoms with van der Waals surface area (Å²) in [6.45, 7) is 3.18. The SMILES string of the molecule is CCOC(=O)CCCOc1cccc(CCNC(=O)C=Cc2cccnc2)c1. The molecule has 6 heteroatoms. The molecule has 148 valence electrons. The number of hydrogen-bond donors (Lipinski definition) is 1. The van der Waals surface area contributed by atoms with Crippen LogP contribution in [0.5, 0.6) is 5.75 Å². The first-order chi connectivity index (χ1) is 13.7. The highest BCUT2D eigenvalue weighted by Crippen LogP contribution is 2.14. The molecular weight excluding hydrogens is 356 g/mol. The third kappa shape index (κ3) is 8.49. The molecule has 2 rings (SSSR count). The van der Waals surface area contributed by atoms with E-state index in [9.17, 15) is 9.59 Å². The second-order valence-electron chi connectivity index (χ2n) is 6.07. The average molecular weight is 382 g/mol. The van der Waals surface area contributed by atoms with Crippen molar-refractivity contribution in [2.45, 2.75) is 26.2 Å². The second-order valence-corrected chi connectivity index (χ2v) is 6.07. The Hall–Kier alpha value is -3.15. The number of hydrogen-bond acceptors (Lipinski definition) is 5. The number of amides is 1. The molecule has 0 spiro atoms. The molecule has 1 aromatic heterocycles. The van der Waals surface area contributed by atoms with E-state index >= 15 is 0 Å². The van der Waals surface area contributed by atoms with E-state index in [1.165, 1.54) is 6.08 Å². The first kappa shape index (κ1) is 21.2. The van der Waals surface area contributed by atoms with Crippen molar-refractivity contribution >= 4 is 18.0 Å². The summed E-state index contributed by atoms with van der Waals surface area (Å²) >= 11 is 0. The summed E-state index contributed by atoms with van der Waals surface area (Å²) < 4.78 is 10.6. The molecule has 0 saturated carbocycles. The van der Waals surface area contributed by atoms with E-state index in [1.54, 1.807) is 25.4 Å². The Morgan fingerprint density at radius 2 is 2.11 bits per heavy atom. The highest BCUT2D eigenvalue weighted by atomic mass is 16.5. The molecule has 0 bridgehead atoms. The zero-order valence-electron chi connectivity index (χ0n) is 16.1. The van der Waals surface area contributed by atoms with Crippen LogP contribution in [0.25, 0.3) is 6.08 Å². The normalized spacial score (nSPS) is 10.6. The molecule has 1 N–H and O–H groups in total. The second kappa shape index (κ2) is 12.3. The van der Waals surface area contributed by atoms with E-state index in [2.05, 4.69) is 10.3 Å². The van der Waals surface area contributed by atoms with Crippen molar-refractivity contribution in [2.75, 3.05) is 19.8 Å². The minimum absolute atomic E-state index is 0.143. The summed E-state index contributed by atoms with van der Waals surface area (Å²) in [6.07, 6.45) is 8.28. The van der Waals surface area contributed by atoms with Crippen LogP contribution in [0.15, 0.2) is 54.9 Å². The highest BCUT2D eigenvalue weighted by molar-refractivity contribution is 5.91. The van der Waals surface area contributed by atoms with E-state index in [0.717, 1.165) is 16.9 Å². The van der Waals surface area contributed by atoms with Gasteiger partial charge in [0.1, 0.15) is 5.75 Å². The van der Waals surface area contributed by atoms with Gasteiger partial charge in [-0.25, -0.2) is 0 Å². The Morgan fingerprint density at radius 1 is 1.21 bits per heavy atom. The first-order valence-corrected chi connectivity index (χ1v) is 9.40. The number of carbonyl (C=O) groups is 2. The molecule has 0 saturated heterocycles. The quantitative estimate of drug-likeness (QED) is 0.367. The molecular formula is C22H26N2O4. The summed E-state index contributed by atoms with van der Waals surface area (Å²) in [5, 5.41) is 2.86. The summed E-state index contributed by atoms with van der Waals surface area (Å²) in [4.78, 5) is 27.2. The Balaban J connectivity index is 1.68. The molecule has 0 fully saturated rings. The molecule has 1 aromatic carbocycles. The third-order valence-electron chi connectivity index (χ3n) is 3.82. The summed E-state index contributed by atoms with van der Waals surface area (Å²) in [7, 11) is 0. The zero-order chi connectivity index (χ0) is 20.0. The van der Waals surface area contributed by atoms with E-state index in [1.807, 2.05) is 36.4 Å². The van der Waals surface area contributed by atoms with Crippen LogP contribution < -0.4 is 10.1 Å². The van der Waals surface area contributed by atoms with E-state index in [-0.39, 0.29) is 11.9 Å². The van der Waals surface area contributed by atoms with Gasteiger partial charge in [0.05, 0.1) is 13.2 Å². The van der Waals surface area contributed by atoms with Crippen molar-refractivity contribution < 1.29 is 19.1 Å². The first-order valence-electron chi connectivity index (χ1n) is 9.40. The number of carbonyl (C=O) groups excluding carboxylic acids is 2. The smallest absolute Gasteiger partial charge is 0.305 e. The van der Waals surface area contributed by atoms with Gasteiger partial charge in [-0.05, 0) is 55.2 Å². The van der Waals surface area contributed by atoms with Gasteiger partial charge in [-0.2, -0.15) is 0 Å². The molecule has 0 aliphatic heterocycles. The Kier molecular flexibility index (Phi) is 9.27. The van der Waals surface area contributed by atoms with Crippen LogP contribution in [0.2, 0.25) is 0 Å². The number of ether oxygens (including phenoxy) is 2. The average Bonchev–Trinajstić information content (AvgIpc) is 2.71. The van der Waals surface area contributed by atoms with Crippen molar-refractivity contribution in [3.8, 4) is 5.75 Å². The fourth-order valence-corrected chi connectivity index (χ4v) is 2.47. The van der Waals surface area contributed by atoms with Gasteiger partial charge in [0.15, 0.2) is 0 Å². The van der Waals surface area contributed by atoms with Crippen LogP contribution in [-0.4, -0.2) is 36.6 Å². The zero-order valence-corrected chi connectivity index (χ0v) is 16.1. The topological polar surface area (TPSA) is 77.5 Å². The van der Waals surface area contributed by atoms with Crippen LogP contribution in [0, 0.1) is 0 Å². The maximum absolute atomic E-state index is 11.9. The van der Waals surface area contributed by atoms with Gasteiger partial charge in [-0.15, -0.1) is 0 Å². The molecule has 0 radical (unpaired) electrons. The van der Waals surface area contributed by atoms with Crippen LogP contribution in [0.4, 0.5) is 0 Å². The number of pyridine rings is 1. The summed E-state index contributed by atoms with van der Waals surface area (Å²) in [5.74, 6) is 0.410. The molecule has 1 amide bonds. The molecule has 0 aliphatic rings. The lowest BCUT2D eigenvalue weighted by atomic mass is 10.1. The van der Waals surface area contributed by atoms with Crippen LogP contribution in [0.3, 0.4) is 0 Å². The summed E-state index contributed by atoms with van der Waals surface area (Å²) in [5.41, 5.74) is 1.95. The van der Waals surface area contributed by atoms with Crippen molar-refractivity contribution in [3.63, 3.8) is 0 Å². The highest BCUT2D eigenvalue weighted by Gasteiger charge is 2.03. The van der Waals surface area contributed by atoms with Gasteiger partial charge >= 0.3 is 5.97 Å². The van der Waals surface area contributed by atoms with Gasteiger partial charge < -0.3 is 14.8 Å². The maximum atomic E-state index is 11.9. The van der Waals surface area contributed by atoms with Gasteiger partial charge in [-0.3, -0.25) is 14.6 Å². The predicted octanol–water partition coefficient (Wildman–Crippen LogP) is 3.18. The van der Waals surface area contributed by atoms with Crippen LogP contribution >= 0.6 is 0 Å². The predicted molar refractivity (Wildman–Crippen MR) is 108 cm³/mol. The molecule has 28 heavy (non-hydrogen) atoms. The van der Waals surface area contributed by atoms with Crippen molar-refractivity contribution in [1.29, 1.82) is 0 Å². The van der Waals surface area contributed by atoms with Gasteiger partial charge in [0, 0.05) is 31.4 Å². The van der Waals surface area contributed by atoms with E-state index in [0.29, 0.717) is 39.0 Å². The Labute approximate surface area is 165 Å². The van der Waals surface area contributed by atoms with Gasteiger partial charge in [-0.1, -0.05) is 18.2 Å². The number of benzene rings is 1. The molecule has 0 atom stereocenters. The van der Waals surface area contributed by atoms with Crippen molar-refractivity contribution in [2.24, 2.45) is 0 Å². The number of esters is 1.